The van der Waals surface area contributed by atoms with Crippen LogP contribution in [-0.4, -0.2) is 33.2 Å². The summed E-state index contributed by atoms with van der Waals surface area (Å²) in [7, 11) is -4.80. The van der Waals surface area contributed by atoms with Crippen LogP contribution in [0.15, 0.2) is 30.3 Å². The minimum atomic E-state index is -4.80. The molecule has 2 aromatic carbocycles. The van der Waals surface area contributed by atoms with Crippen LogP contribution in [0.3, 0.4) is 0 Å². The number of rotatable bonds is 12. The van der Waals surface area contributed by atoms with Crippen molar-refractivity contribution in [3.8, 4) is 16.3 Å². The Bertz CT molecular complexity index is 1350. The van der Waals surface area contributed by atoms with Crippen LogP contribution >= 0.6 is 19.2 Å². The van der Waals surface area contributed by atoms with Gasteiger partial charge in [0.15, 0.2) is 11.6 Å². The zero-order chi connectivity index (χ0) is 29.0. The maximum Gasteiger partial charge on any atom is 0.469 e. The summed E-state index contributed by atoms with van der Waals surface area (Å²) in [4.78, 5) is 17.7. The number of aryl methyl sites for hydroxylation is 1. The molecule has 0 saturated heterocycles. The lowest BCUT2D eigenvalue weighted by atomic mass is 10.1. The molecule has 0 aliphatic carbocycles. The third kappa shape index (κ3) is 8.72. The van der Waals surface area contributed by atoms with Gasteiger partial charge in [0.1, 0.15) is 21.6 Å². The molecule has 0 spiro atoms. The van der Waals surface area contributed by atoms with Gasteiger partial charge in [0.2, 0.25) is 0 Å². The number of halogens is 6. The molecule has 0 amide bonds. The van der Waals surface area contributed by atoms with E-state index in [-0.39, 0.29) is 34.2 Å². The van der Waals surface area contributed by atoms with E-state index in [1.165, 1.54) is 13.0 Å². The fraction of sp³-hybridized carbons (Fsp3) is 0.391. The molecule has 0 radical (unpaired) electrons. The number of nitrogens with zero attached hydrogens (tertiary/aromatic N) is 2. The highest BCUT2D eigenvalue weighted by molar-refractivity contribution is 7.46. The number of phosphoric ester groups is 1. The van der Waals surface area contributed by atoms with Crippen molar-refractivity contribution < 1.29 is 50.0 Å². The van der Waals surface area contributed by atoms with Crippen LogP contribution in [-0.2, 0) is 27.2 Å². The Hall–Kier alpha value is -2.55. The topological polar surface area (TPSA) is 128 Å². The minimum absolute atomic E-state index is 0.00821. The molecule has 1 unspecified atom stereocenters. The van der Waals surface area contributed by atoms with E-state index in [9.17, 15) is 30.9 Å². The standard InChI is InChI=1S/C23H24F6N3O5PS/c1-22(30,12-37-38(33,34)35)21-32-31-20(39-21)14-6-7-19(15(9-14)23(27,28)29)36-8-4-2-3-5-13-10-17(25)18(26)11-16(13)24/h6-7,9-11H,2-5,8,12,30H2,1H3,(H2,33,34,35). The number of unbranched alkanes of at least 4 members (excludes halogenated alkanes) is 2. The van der Waals surface area contributed by atoms with Crippen molar-refractivity contribution in [1.82, 2.24) is 10.2 Å². The van der Waals surface area contributed by atoms with Crippen molar-refractivity contribution in [1.29, 1.82) is 0 Å². The molecule has 0 fully saturated rings. The molecule has 16 heteroatoms. The van der Waals surface area contributed by atoms with Crippen LogP contribution in [0.5, 0.6) is 5.75 Å². The van der Waals surface area contributed by atoms with E-state index in [1.54, 1.807) is 0 Å². The Morgan fingerprint density at radius 3 is 2.36 bits per heavy atom. The highest BCUT2D eigenvalue weighted by Gasteiger charge is 2.35. The number of hydrogen-bond acceptors (Lipinski definition) is 7. The van der Waals surface area contributed by atoms with Crippen molar-refractivity contribution in [2.75, 3.05) is 13.2 Å². The predicted octanol–water partition coefficient (Wildman–Crippen LogP) is 5.72. The zero-order valence-electron chi connectivity index (χ0n) is 20.3. The van der Waals surface area contributed by atoms with Crippen LogP contribution in [0.1, 0.15) is 42.3 Å². The molecule has 1 aromatic heterocycles. The van der Waals surface area contributed by atoms with Gasteiger partial charge in [-0.3, -0.25) is 4.52 Å². The van der Waals surface area contributed by atoms with E-state index in [2.05, 4.69) is 14.7 Å². The summed E-state index contributed by atoms with van der Waals surface area (Å²) in [6.45, 7) is 0.693. The summed E-state index contributed by atoms with van der Waals surface area (Å²) in [5.41, 5.74) is 3.54. The van der Waals surface area contributed by atoms with E-state index in [0.717, 1.165) is 29.5 Å². The Labute approximate surface area is 223 Å². The number of nitrogens with two attached hydrogens (primary N) is 1. The van der Waals surface area contributed by atoms with Gasteiger partial charge in [0, 0.05) is 11.6 Å². The molecule has 39 heavy (non-hydrogen) atoms. The molecular weight excluding hydrogens is 575 g/mol. The van der Waals surface area contributed by atoms with Crippen LogP contribution < -0.4 is 10.5 Å². The Morgan fingerprint density at radius 2 is 1.69 bits per heavy atom. The molecule has 0 aliphatic rings. The van der Waals surface area contributed by atoms with E-state index in [0.29, 0.717) is 25.3 Å². The van der Waals surface area contributed by atoms with Crippen molar-refractivity contribution in [2.24, 2.45) is 5.73 Å². The lowest BCUT2D eigenvalue weighted by Crippen LogP contribution is -2.37. The first-order valence-corrected chi connectivity index (χ1v) is 13.7. The first-order valence-electron chi connectivity index (χ1n) is 11.4. The van der Waals surface area contributed by atoms with E-state index < -0.39 is 54.9 Å². The third-order valence-electron chi connectivity index (χ3n) is 5.42. The number of benzene rings is 2. The predicted molar refractivity (Wildman–Crippen MR) is 129 cm³/mol. The van der Waals surface area contributed by atoms with E-state index in [1.807, 2.05) is 0 Å². The number of hydrogen-bond donors (Lipinski definition) is 3. The maximum atomic E-state index is 13.8. The largest absolute Gasteiger partial charge is 0.493 e. The van der Waals surface area contributed by atoms with Gasteiger partial charge in [-0.1, -0.05) is 11.3 Å². The van der Waals surface area contributed by atoms with Crippen molar-refractivity contribution in [2.45, 2.75) is 44.3 Å². The maximum absolute atomic E-state index is 13.8. The molecular formula is C23H24F6N3O5PS. The Balaban J connectivity index is 1.63. The fourth-order valence-corrected chi connectivity index (χ4v) is 4.71. The zero-order valence-corrected chi connectivity index (χ0v) is 22.1. The van der Waals surface area contributed by atoms with Gasteiger partial charge in [-0.15, -0.1) is 10.2 Å². The van der Waals surface area contributed by atoms with Gasteiger partial charge in [-0.2, -0.15) is 13.2 Å². The average molecular weight is 599 g/mol. The van der Waals surface area contributed by atoms with E-state index in [4.69, 9.17) is 20.3 Å². The highest BCUT2D eigenvalue weighted by Crippen LogP contribution is 2.41. The van der Waals surface area contributed by atoms with E-state index >= 15 is 0 Å². The normalized spacial score (nSPS) is 13.9. The summed E-state index contributed by atoms with van der Waals surface area (Å²) in [5, 5.41) is 7.84. The smallest absolute Gasteiger partial charge is 0.469 e. The molecule has 3 rings (SSSR count). The fourth-order valence-electron chi connectivity index (χ4n) is 3.39. The lowest BCUT2D eigenvalue weighted by Gasteiger charge is -2.21. The van der Waals surface area contributed by atoms with Crippen molar-refractivity contribution >= 4 is 19.2 Å². The average Bonchev–Trinajstić information content (AvgIpc) is 3.33. The molecule has 0 saturated carbocycles. The number of aromatic nitrogens is 2. The summed E-state index contributed by atoms with van der Waals surface area (Å²) in [6.07, 6.45) is -3.48. The number of phosphoric acid groups is 1. The lowest BCUT2D eigenvalue weighted by molar-refractivity contribution is -0.138. The summed E-state index contributed by atoms with van der Waals surface area (Å²) >= 11 is 0.837. The summed E-state index contributed by atoms with van der Waals surface area (Å²) in [5.74, 6) is -3.73. The van der Waals surface area contributed by atoms with Gasteiger partial charge in [-0.05, 0) is 62.4 Å². The molecule has 0 bridgehead atoms. The Morgan fingerprint density at radius 1 is 1.00 bits per heavy atom. The molecule has 214 valence electrons. The summed E-state index contributed by atoms with van der Waals surface area (Å²) < 4.78 is 102. The van der Waals surface area contributed by atoms with Crippen LogP contribution in [0.2, 0.25) is 0 Å². The monoisotopic (exact) mass is 599 g/mol. The van der Waals surface area contributed by atoms with Crippen molar-refractivity contribution in [3.05, 3.63) is 63.9 Å². The molecule has 3 aromatic rings. The first-order chi connectivity index (χ1) is 18.1. The first kappa shape index (κ1) is 31.0. The number of ether oxygens (including phenoxy) is 1. The highest BCUT2D eigenvalue weighted by atomic mass is 32.1. The van der Waals surface area contributed by atoms with Gasteiger partial charge in [-0.25, -0.2) is 17.7 Å². The SMILES string of the molecule is CC(N)(COP(=O)(O)O)c1nnc(-c2ccc(OCCCCCc3cc(F)c(F)cc3F)c(C(F)(F)F)c2)s1. The molecule has 8 nitrogen and oxygen atoms in total. The van der Waals surface area contributed by atoms with Gasteiger partial charge in [0.05, 0.1) is 24.3 Å². The summed E-state index contributed by atoms with van der Waals surface area (Å²) in [6, 6.07) is 4.57. The van der Waals surface area contributed by atoms with Crippen molar-refractivity contribution in [3.63, 3.8) is 0 Å². The quantitative estimate of drug-likeness (QED) is 0.105. The Kier molecular flexibility index (Phi) is 9.78. The minimum Gasteiger partial charge on any atom is -0.493 e. The molecule has 4 N–H and O–H groups in total. The third-order valence-corrected chi connectivity index (χ3v) is 7.13. The van der Waals surface area contributed by atoms with Gasteiger partial charge >= 0.3 is 14.0 Å². The van der Waals surface area contributed by atoms with Gasteiger partial charge in [0.25, 0.3) is 0 Å². The molecule has 1 atom stereocenters. The van der Waals surface area contributed by atoms with Crippen LogP contribution in [0.4, 0.5) is 26.3 Å². The second-order valence-corrected chi connectivity index (χ2v) is 11.0. The van der Waals surface area contributed by atoms with Crippen LogP contribution in [0.25, 0.3) is 10.6 Å². The second kappa shape index (κ2) is 12.3. The molecule has 0 aliphatic heterocycles. The number of alkyl halides is 3. The second-order valence-electron chi connectivity index (χ2n) is 8.82. The van der Waals surface area contributed by atoms with Crippen LogP contribution in [0, 0.1) is 17.5 Å². The van der Waals surface area contributed by atoms with Gasteiger partial charge < -0.3 is 20.3 Å². The molecule has 1 heterocycles.